The highest BCUT2D eigenvalue weighted by molar-refractivity contribution is 7.08. The van der Waals surface area contributed by atoms with E-state index in [1.54, 1.807) is 24.3 Å². The van der Waals surface area contributed by atoms with Crippen molar-refractivity contribution in [3.8, 4) is 0 Å². The molecule has 1 aromatic carbocycles. The highest BCUT2D eigenvalue weighted by Crippen LogP contribution is 2.20. The molecule has 0 saturated carbocycles. The predicted octanol–water partition coefficient (Wildman–Crippen LogP) is 3.24. The van der Waals surface area contributed by atoms with Crippen LogP contribution in [0.25, 0.3) is 0 Å². The molecule has 0 unspecified atom stereocenters. The maximum Gasteiger partial charge on any atom is 0.336 e. The van der Waals surface area contributed by atoms with Crippen LogP contribution in [0.3, 0.4) is 0 Å². The number of carboxylic acids is 1. The Kier molecular flexibility index (Phi) is 4.20. The average Bonchev–Trinajstić information content (AvgIpc) is 2.85. The quantitative estimate of drug-likeness (QED) is 0.908. The summed E-state index contributed by atoms with van der Waals surface area (Å²) in [5, 5.41) is 15.7. The Balaban J connectivity index is 2.17. The number of thiophene rings is 1. The maximum absolute atomic E-state index is 11.9. The van der Waals surface area contributed by atoms with Gasteiger partial charge < -0.3 is 10.4 Å². The maximum atomic E-state index is 11.9. The lowest BCUT2D eigenvalue weighted by molar-refractivity contribution is -0.115. The third-order valence-corrected chi connectivity index (χ3v) is 3.86. The molecule has 2 N–H and O–H groups in total. The van der Waals surface area contributed by atoms with Gasteiger partial charge >= 0.3 is 5.97 Å². The molecule has 0 aliphatic rings. The van der Waals surface area contributed by atoms with Crippen LogP contribution in [0.1, 0.15) is 27.0 Å². The van der Waals surface area contributed by atoms with Gasteiger partial charge in [0.15, 0.2) is 0 Å². The van der Waals surface area contributed by atoms with Crippen molar-refractivity contribution in [2.24, 2.45) is 0 Å². The number of aromatic carboxylic acids is 1. The van der Waals surface area contributed by atoms with Crippen molar-refractivity contribution >= 4 is 28.9 Å². The minimum absolute atomic E-state index is 0.150. The Morgan fingerprint density at radius 2 is 2.05 bits per heavy atom. The number of carbonyl (C=O) groups is 2. The first-order valence-corrected chi connectivity index (χ1v) is 7.07. The first-order chi connectivity index (χ1) is 9.47. The van der Waals surface area contributed by atoms with Crippen LogP contribution in [0.5, 0.6) is 0 Å². The van der Waals surface area contributed by atoms with E-state index in [0.717, 1.165) is 11.1 Å². The van der Waals surface area contributed by atoms with Crippen molar-refractivity contribution in [1.82, 2.24) is 0 Å². The molecule has 0 spiro atoms. The molecule has 0 radical (unpaired) electrons. The average molecular weight is 289 g/mol. The van der Waals surface area contributed by atoms with E-state index in [2.05, 4.69) is 5.32 Å². The molecule has 1 heterocycles. The largest absolute Gasteiger partial charge is 0.478 e. The number of benzene rings is 1. The third-order valence-electron chi connectivity index (χ3n) is 3.13. The fourth-order valence-electron chi connectivity index (χ4n) is 1.94. The minimum atomic E-state index is -0.987. The van der Waals surface area contributed by atoms with Gasteiger partial charge in [-0.05, 0) is 59.5 Å². The Morgan fingerprint density at radius 3 is 2.65 bits per heavy atom. The van der Waals surface area contributed by atoms with Crippen molar-refractivity contribution < 1.29 is 14.7 Å². The Labute approximate surface area is 121 Å². The first kappa shape index (κ1) is 14.3. The summed E-state index contributed by atoms with van der Waals surface area (Å²) in [6.45, 7) is 3.59. The SMILES string of the molecule is Cc1cc(NC(=O)Cc2ccsc2)cc(C(=O)O)c1C. The van der Waals surface area contributed by atoms with E-state index in [0.29, 0.717) is 17.7 Å². The fraction of sp³-hybridized carbons (Fsp3) is 0.200. The van der Waals surface area contributed by atoms with Crippen molar-refractivity contribution in [2.45, 2.75) is 20.3 Å². The molecule has 2 rings (SSSR count). The van der Waals surface area contributed by atoms with Gasteiger partial charge in [-0.15, -0.1) is 0 Å². The standard InChI is InChI=1S/C15H15NO3S/c1-9-5-12(7-13(10(9)2)15(18)19)16-14(17)6-11-3-4-20-8-11/h3-5,7-8H,6H2,1-2H3,(H,16,17)(H,18,19). The highest BCUT2D eigenvalue weighted by Gasteiger charge is 2.12. The number of anilines is 1. The first-order valence-electron chi connectivity index (χ1n) is 6.13. The minimum Gasteiger partial charge on any atom is -0.478 e. The van der Waals surface area contributed by atoms with Crippen LogP contribution in [0, 0.1) is 13.8 Å². The van der Waals surface area contributed by atoms with Crippen LogP contribution in [-0.4, -0.2) is 17.0 Å². The summed E-state index contributed by atoms with van der Waals surface area (Å²) in [5.74, 6) is -1.14. The van der Waals surface area contributed by atoms with Gasteiger partial charge in [0.25, 0.3) is 0 Å². The summed E-state index contributed by atoms with van der Waals surface area (Å²) >= 11 is 1.54. The Hall–Kier alpha value is -2.14. The molecule has 0 saturated heterocycles. The van der Waals surface area contributed by atoms with Crippen molar-refractivity contribution in [2.75, 3.05) is 5.32 Å². The lowest BCUT2D eigenvalue weighted by Gasteiger charge is -2.10. The lowest BCUT2D eigenvalue weighted by atomic mass is 10.0. The van der Waals surface area contributed by atoms with E-state index in [-0.39, 0.29) is 11.5 Å². The fourth-order valence-corrected chi connectivity index (χ4v) is 2.61. The Bertz CT molecular complexity index is 647. The second-order valence-corrected chi connectivity index (χ2v) is 5.41. The van der Waals surface area contributed by atoms with E-state index >= 15 is 0 Å². The van der Waals surface area contributed by atoms with E-state index < -0.39 is 5.97 Å². The van der Waals surface area contributed by atoms with Gasteiger partial charge in [-0.3, -0.25) is 4.79 Å². The molecule has 0 aliphatic carbocycles. The van der Waals surface area contributed by atoms with Crippen LogP contribution in [-0.2, 0) is 11.2 Å². The number of hydrogen-bond donors (Lipinski definition) is 2. The van der Waals surface area contributed by atoms with Crippen molar-refractivity contribution in [3.05, 3.63) is 51.2 Å². The van der Waals surface area contributed by atoms with Crippen LogP contribution in [0.4, 0.5) is 5.69 Å². The number of nitrogens with one attached hydrogen (secondary N) is 1. The molecule has 4 nitrogen and oxygen atoms in total. The molecule has 2 aromatic rings. The van der Waals surface area contributed by atoms with Gasteiger partial charge in [-0.25, -0.2) is 4.79 Å². The Morgan fingerprint density at radius 1 is 1.30 bits per heavy atom. The van der Waals surface area contributed by atoms with Gasteiger partial charge in [0.2, 0.25) is 5.91 Å². The number of aryl methyl sites for hydroxylation is 1. The molecule has 20 heavy (non-hydrogen) atoms. The predicted molar refractivity (Wildman–Crippen MR) is 79.5 cm³/mol. The van der Waals surface area contributed by atoms with Gasteiger partial charge in [0, 0.05) is 5.69 Å². The number of rotatable bonds is 4. The zero-order valence-electron chi connectivity index (χ0n) is 11.3. The normalized spacial score (nSPS) is 10.3. The zero-order chi connectivity index (χ0) is 14.7. The second kappa shape index (κ2) is 5.88. The second-order valence-electron chi connectivity index (χ2n) is 4.63. The lowest BCUT2D eigenvalue weighted by Crippen LogP contribution is -2.15. The van der Waals surface area contributed by atoms with Gasteiger partial charge in [0.05, 0.1) is 12.0 Å². The van der Waals surface area contributed by atoms with Gasteiger partial charge in [-0.1, -0.05) is 0 Å². The molecule has 0 atom stereocenters. The zero-order valence-corrected chi connectivity index (χ0v) is 12.1. The summed E-state index contributed by atoms with van der Waals surface area (Å²) in [6, 6.07) is 5.18. The summed E-state index contributed by atoms with van der Waals surface area (Å²) in [5.41, 5.74) is 3.25. The highest BCUT2D eigenvalue weighted by atomic mass is 32.1. The number of hydrogen-bond acceptors (Lipinski definition) is 3. The molecule has 1 amide bonds. The van der Waals surface area contributed by atoms with E-state index in [1.807, 2.05) is 23.8 Å². The summed E-state index contributed by atoms with van der Waals surface area (Å²) in [4.78, 5) is 23.1. The van der Waals surface area contributed by atoms with Crippen LogP contribution < -0.4 is 5.32 Å². The van der Waals surface area contributed by atoms with E-state index in [9.17, 15) is 9.59 Å². The van der Waals surface area contributed by atoms with Crippen LogP contribution in [0.15, 0.2) is 29.0 Å². The van der Waals surface area contributed by atoms with E-state index in [1.165, 1.54) is 6.07 Å². The summed E-state index contributed by atoms with van der Waals surface area (Å²) in [7, 11) is 0. The van der Waals surface area contributed by atoms with Crippen molar-refractivity contribution in [3.63, 3.8) is 0 Å². The summed E-state index contributed by atoms with van der Waals surface area (Å²) in [6.07, 6.45) is 0.291. The van der Waals surface area contributed by atoms with E-state index in [4.69, 9.17) is 5.11 Å². The number of carbonyl (C=O) groups excluding carboxylic acids is 1. The monoisotopic (exact) mass is 289 g/mol. The smallest absolute Gasteiger partial charge is 0.336 e. The summed E-state index contributed by atoms with van der Waals surface area (Å²) < 4.78 is 0. The molecule has 0 fully saturated rings. The molecule has 0 aliphatic heterocycles. The van der Waals surface area contributed by atoms with Crippen LogP contribution >= 0.6 is 11.3 Å². The molecule has 5 heteroatoms. The molecular weight excluding hydrogens is 274 g/mol. The van der Waals surface area contributed by atoms with Gasteiger partial charge in [-0.2, -0.15) is 11.3 Å². The number of amides is 1. The third kappa shape index (κ3) is 3.24. The number of carboxylic acid groups (broad SMARTS) is 1. The molecule has 0 bridgehead atoms. The van der Waals surface area contributed by atoms with Gasteiger partial charge in [0.1, 0.15) is 0 Å². The van der Waals surface area contributed by atoms with Crippen molar-refractivity contribution in [1.29, 1.82) is 0 Å². The molecule has 104 valence electrons. The van der Waals surface area contributed by atoms with Crippen LogP contribution in [0.2, 0.25) is 0 Å². The molecular formula is C15H15NO3S. The topological polar surface area (TPSA) is 66.4 Å². The molecule has 1 aromatic heterocycles.